The average molecular weight is 346 g/mol. The summed E-state index contributed by atoms with van der Waals surface area (Å²) in [5.74, 6) is 1.37. The highest BCUT2D eigenvalue weighted by atomic mass is 16.5. The lowest BCUT2D eigenvalue weighted by atomic mass is 9.85. The molecule has 3 N–H and O–H groups in total. The van der Waals surface area contributed by atoms with E-state index in [0.29, 0.717) is 24.7 Å². The summed E-state index contributed by atoms with van der Waals surface area (Å²) in [7, 11) is 0. The third-order valence-electron chi connectivity index (χ3n) is 5.70. The van der Waals surface area contributed by atoms with Crippen molar-refractivity contribution in [2.45, 2.75) is 62.9 Å². The number of nitrogens with two attached hydrogens (primary N) is 1. The van der Waals surface area contributed by atoms with Gasteiger partial charge in [-0.15, -0.1) is 0 Å². The molecule has 0 spiro atoms. The number of nitrogens with zero attached hydrogens (tertiary/aromatic N) is 2. The quantitative estimate of drug-likeness (QED) is 0.858. The number of hydrogen-bond donors (Lipinski definition) is 2. The van der Waals surface area contributed by atoms with Crippen molar-refractivity contribution < 1.29 is 14.1 Å². The number of aromatic nitrogens is 1. The van der Waals surface area contributed by atoms with Crippen molar-refractivity contribution in [1.82, 2.24) is 15.4 Å². The van der Waals surface area contributed by atoms with Crippen molar-refractivity contribution in [3.63, 3.8) is 0 Å². The number of nitrogens with one attached hydrogen (secondary N) is 1. The highest BCUT2D eigenvalue weighted by molar-refractivity contribution is 5.92. The highest BCUT2D eigenvalue weighted by Crippen LogP contribution is 2.40. The Morgan fingerprint density at radius 1 is 1.16 bits per heavy atom. The van der Waals surface area contributed by atoms with Crippen molar-refractivity contribution in [2.24, 2.45) is 11.7 Å². The van der Waals surface area contributed by atoms with Gasteiger partial charge >= 0.3 is 0 Å². The molecule has 1 aliphatic heterocycles. The summed E-state index contributed by atoms with van der Waals surface area (Å²) in [6.45, 7) is 1.29. The van der Waals surface area contributed by atoms with Crippen LogP contribution in [0, 0.1) is 5.92 Å². The molecule has 2 heterocycles. The molecular weight excluding hydrogens is 320 g/mol. The molecule has 0 bridgehead atoms. The Balaban J connectivity index is 1.28. The Morgan fingerprint density at radius 2 is 1.92 bits per heavy atom. The van der Waals surface area contributed by atoms with Crippen LogP contribution in [0.3, 0.4) is 0 Å². The largest absolute Gasteiger partial charge is 0.360 e. The van der Waals surface area contributed by atoms with Crippen molar-refractivity contribution in [1.29, 1.82) is 0 Å². The summed E-state index contributed by atoms with van der Waals surface area (Å²) >= 11 is 0. The Hall–Kier alpha value is -1.89. The van der Waals surface area contributed by atoms with Crippen molar-refractivity contribution in [3.05, 3.63) is 17.5 Å². The number of rotatable bonds is 4. The molecule has 1 aromatic heterocycles. The minimum Gasteiger partial charge on any atom is -0.360 e. The second kappa shape index (κ2) is 6.78. The van der Waals surface area contributed by atoms with Crippen molar-refractivity contribution in [2.75, 3.05) is 13.1 Å². The van der Waals surface area contributed by atoms with Crippen molar-refractivity contribution in [3.8, 4) is 0 Å². The lowest BCUT2D eigenvalue weighted by molar-refractivity contribution is -0.135. The van der Waals surface area contributed by atoms with E-state index in [-0.39, 0.29) is 29.8 Å². The standard InChI is InChI=1S/C18H26N4O3/c19-13-5-3-12(4-6-13)18(24)22-8-7-14(10-22)20-17(23)15-9-16(25-21-15)11-1-2-11/h9,11-14H,1-8,10,19H2,(H,20,23). The first-order valence-electron chi connectivity index (χ1n) is 9.42. The maximum Gasteiger partial charge on any atom is 0.273 e. The highest BCUT2D eigenvalue weighted by Gasteiger charge is 2.34. The third-order valence-corrected chi connectivity index (χ3v) is 5.70. The van der Waals surface area contributed by atoms with Gasteiger partial charge in [0.2, 0.25) is 5.91 Å². The molecule has 3 fully saturated rings. The number of carbonyl (C=O) groups is 2. The van der Waals surface area contributed by atoms with E-state index in [4.69, 9.17) is 10.3 Å². The molecule has 25 heavy (non-hydrogen) atoms. The molecule has 3 aliphatic rings. The molecule has 1 saturated heterocycles. The fourth-order valence-corrected chi connectivity index (χ4v) is 3.92. The van der Waals surface area contributed by atoms with Crippen LogP contribution in [-0.4, -0.2) is 47.0 Å². The van der Waals surface area contributed by atoms with E-state index >= 15 is 0 Å². The molecule has 1 atom stereocenters. The smallest absolute Gasteiger partial charge is 0.273 e. The van der Waals surface area contributed by atoms with Gasteiger partial charge in [-0.25, -0.2) is 0 Å². The topological polar surface area (TPSA) is 101 Å². The molecule has 1 aromatic rings. The fraction of sp³-hybridized carbons (Fsp3) is 0.722. The van der Waals surface area contributed by atoms with E-state index < -0.39 is 0 Å². The van der Waals surface area contributed by atoms with Crippen molar-refractivity contribution >= 4 is 11.8 Å². The van der Waals surface area contributed by atoms with Gasteiger partial charge in [0.15, 0.2) is 5.69 Å². The van der Waals surface area contributed by atoms with Gasteiger partial charge in [0.1, 0.15) is 5.76 Å². The summed E-state index contributed by atoms with van der Waals surface area (Å²) in [6, 6.07) is 1.98. The van der Waals surface area contributed by atoms with Crippen LogP contribution in [0.25, 0.3) is 0 Å². The molecule has 2 saturated carbocycles. The first kappa shape index (κ1) is 16.6. The van der Waals surface area contributed by atoms with Gasteiger partial charge in [0, 0.05) is 43.1 Å². The van der Waals surface area contributed by atoms with Gasteiger partial charge < -0.3 is 20.5 Å². The number of amides is 2. The minimum atomic E-state index is -0.210. The molecule has 0 radical (unpaired) electrons. The Morgan fingerprint density at radius 3 is 2.64 bits per heavy atom. The zero-order valence-electron chi connectivity index (χ0n) is 14.4. The summed E-state index contributed by atoms with van der Waals surface area (Å²) in [4.78, 5) is 26.9. The summed E-state index contributed by atoms with van der Waals surface area (Å²) in [6.07, 6.45) is 6.65. The predicted octanol–water partition coefficient (Wildman–Crippen LogP) is 1.40. The van der Waals surface area contributed by atoms with E-state index in [1.165, 1.54) is 0 Å². The summed E-state index contributed by atoms with van der Waals surface area (Å²) in [5.41, 5.74) is 6.26. The van der Waals surface area contributed by atoms with E-state index in [1.54, 1.807) is 6.07 Å². The van der Waals surface area contributed by atoms with Crippen LogP contribution in [0.2, 0.25) is 0 Å². The second-order valence-corrected chi connectivity index (χ2v) is 7.74. The third kappa shape index (κ3) is 3.71. The SMILES string of the molecule is NC1CCC(C(=O)N2CCC(NC(=O)c3cc(C4CC4)on3)C2)CC1. The van der Waals surface area contributed by atoms with Crippen LogP contribution >= 0.6 is 0 Å². The zero-order chi connectivity index (χ0) is 17.4. The first-order chi connectivity index (χ1) is 12.1. The van der Waals surface area contributed by atoms with Gasteiger partial charge in [-0.2, -0.15) is 0 Å². The lowest BCUT2D eigenvalue weighted by Gasteiger charge is -2.28. The average Bonchev–Trinajstić information content (AvgIpc) is 3.16. The van der Waals surface area contributed by atoms with Crippen LogP contribution in [0.5, 0.6) is 0 Å². The molecule has 1 unspecified atom stereocenters. The minimum absolute atomic E-state index is 0.0108. The molecule has 4 rings (SSSR count). The Bertz CT molecular complexity index is 647. The maximum atomic E-state index is 12.6. The van der Waals surface area contributed by atoms with Crippen LogP contribution in [-0.2, 0) is 4.79 Å². The summed E-state index contributed by atoms with van der Waals surface area (Å²) < 4.78 is 5.24. The molecule has 7 nitrogen and oxygen atoms in total. The number of hydrogen-bond acceptors (Lipinski definition) is 5. The van der Waals surface area contributed by atoms with E-state index in [1.807, 2.05) is 4.90 Å². The fourth-order valence-electron chi connectivity index (χ4n) is 3.92. The predicted molar refractivity (Wildman–Crippen MR) is 90.9 cm³/mol. The Kier molecular flexibility index (Phi) is 4.50. The van der Waals surface area contributed by atoms with Crippen LogP contribution in [0.15, 0.2) is 10.6 Å². The van der Waals surface area contributed by atoms with Gasteiger partial charge in [-0.3, -0.25) is 9.59 Å². The molecule has 2 amide bonds. The van der Waals surface area contributed by atoms with Crippen LogP contribution in [0.4, 0.5) is 0 Å². The van der Waals surface area contributed by atoms with Gasteiger partial charge in [0.05, 0.1) is 0 Å². The molecular formula is C18H26N4O3. The normalized spacial score (nSPS) is 29.6. The number of likely N-dealkylation sites (tertiary alicyclic amines) is 1. The van der Waals surface area contributed by atoms with Crippen LogP contribution in [0.1, 0.15) is 67.1 Å². The molecule has 0 aromatic carbocycles. The zero-order valence-corrected chi connectivity index (χ0v) is 14.4. The summed E-state index contributed by atoms with van der Waals surface area (Å²) in [5, 5.41) is 6.86. The van der Waals surface area contributed by atoms with E-state index in [0.717, 1.165) is 50.7 Å². The van der Waals surface area contributed by atoms with Gasteiger partial charge in [-0.1, -0.05) is 5.16 Å². The molecule has 136 valence electrons. The second-order valence-electron chi connectivity index (χ2n) is 7.74. The lowest BCUT2D eigenvalue weighted by Crippen LogP contribution is -2.41. The maximum absolute atomic E-state index is 12.6. The first-order valence-corrected chi connectivity index (χ1v) is 9.42. The monoisotopic (exact) mass is 346 g/mol. The number of carbonyl (C=O) groups excluding carboxylic acids is 2. The van der Waals surface area contributed by atoms with Gasteiger partial charge in [0.25, 0.3) is 5.91 Å². The van der Waals surface area contributed by atoms with Gasteiger partial charge in [-0.05, 0) is 44.9 Å². The Labute approximate surface area is 147 Å². The molecule has 7 heteroatoms. The van der Waals surface area contributed by atoms with E-state index in [2.05, 4.69) is 10.5 Å². The van der Waals surface area contributed by atoms with Crippen LogP contribution < -0.4 is 11.1 Å². The van der Waals surface area contributed by atoms with E-state index in [9.17, 15) is 9.59 Å². The molecule has 2 aliphatic carbocycles.